The second kappa shape index (κ2) is 5.69. The molecule has 0 heterocycles. The molecule has 0 saturated heterocycles. The lowest BCUT2D eigenvalue weighted by atomic mass is 9.92. The van der Waals surface area contributed by atoms with E-state index in [1.807, 2.05) is 0 Å². The average Bonchev–Trinajstić information content (AvgIpc) is 2.76. The molecule has 1 nitrogen and oxygen atoms in total. The zero-order valence-corrected chi connectivity index (χ0v) is 11.9. The predicted molar refractivity (Wildman–Crippen MR) is 75.9 cm³/mol. The van der Waals surface area contributed by atoms with Gasteiger partial charge in [0.2, 0.25) is 0 Å². The fourth-order valence-electron chi connectivity index (χ4n) is 3.29. The van der Waals surface area contributed by atoms with E-state index in [1.54, 1.807) is 0 Å². The van der Waals surface area contributed by atoms with Crippen LogP contribution in [0.25, 0.3) is 0 Å². The molecule has 1 aromatic rings. The smallest absolute Gasteiger partial charge is 0.137 e. The quantitative estimate of drug-likeness (QED) is 0.771. The van der Waals surface area contributed by atoms with E-state index in [4.69, 9.17) is 0 Å². The van der Waals surface area contributed by atoms with E-state index >= 15 is 0 Å². The summed E-state index contributed by atoms with van der Waals surface area (Å²) in [7, 11) is 0. The highest BCUT2D eigenvalue weighted by atomic mass is 16.1. The number of carbonyl (C=O) groups excluding carboxylic acids is 1. The maximum atomic E-state index is 12.2. The Bertz CT molecular complexity index is 416. The molecule has 18 heavy (non-hydrogen) atoms. The molecule has 0 atom stereocenters. The monoisotopic (exact) mass is 244 g/mol. The lowest BCUT2D eigenvalue weighted by molar-refractivity contribution is -0.119. The van der Waals surface area contributed by atoms with E-state index < -0.39 is 0 Å². The largest absolute Gasteiger partial charge is 0.299 e. The van der Waals surface area contributed by atoms with Crippen LogP contribution in [-0.2, 0) is 11.2 Å². The molecule has 1 aromatic carbocycles. The van der Waals surface area contributed by atoms with E-state index in [-0.39, 0.29) is 0 Å². The molecule has 0 amide bonds. The standard InChI is InChI=1S/C17H24O/c1-12-8-13(2)17(14(3)9-12)11-16(18)10-15-6-4-5-7-15/h8-9,15H,4-7,10-11H2,1-3H3. The van der Waals surface area contributed by atoms with Crippen LogP contribution in [0.5, 0.6) is 0 Å². The van der Waals surface area contributed by atoms with Gasteiger partial charge in [0.05, 0.1) is 0 Å². The molecule has 0 aliphatic heterocycles. The van der Waals surface area contributed by atoms with Gasteiger partial charge in [-0.1, -0.05) is 43.4 Å². The van der Waals surface area contributed by atoms with Gasteiger partial charge in [-0.05, 0) is 43.4 Å². The van der Waals surface area contributed by atoms with E-state index in [0.29, 0.717) is 18.1 Å². The summed E-state index contributed by atoms with van der Waals surface area (Å²) in [5.74, 6) is 1.10. The third-order valence-corrected chi connectivity index (χ3v) is 4.21. The Morgan fingerprint density at radius 2 is 1.67 bits per heavy atom. The van der Waals surface area contributed by atoms with Crippen LogP contribution in [0.2, 0.25) is 0 Å². The van der Waals surface area contributed by atoms with Gasteiger partial charge in [0.1, 0.15) is 5.78 Å². The summed E-state index contributed by atoms with van der Waals surface area (Å²) in [4.78, 5) is 12.2. The maximum absolute atomic E-state index is 12.2. The molecule has 0 unspecified atom stereocenters. The lowest BCUT2D eigenvalue weighted by Crippen LogP contribution is -2.10. The minimum absolute atomic E-state index is 0.428. The SMILES string of the molecule is Cc1cc(C)c(CC(=O)CC2CCCC2)c(C)c1. The Labute approximate surface area is 111 Å². The molecular weight excluding hydrogens is 220 g/mol. The molecule has 1 saturated carbocycles. The van der Waals surface area contributed by atoms with Crippen molar-refractivity contribution < 1.29 is 4.79 Å². The minimum atomic E-state index is 0.428. The summed E-state index contributed by atoms with van der Waals surface area (Å²) >= 11 is 0. The molecule has 0 radical (unpaired) electrons. The first-order chi connectivity index (χ1) is 8.56. The van der Waals surface area contributed by atoms with Crippen molar-refractivity contribution in [2.75, 3.05) is 0 Å². The van der Waals surface area contributed by atoms with Gasteiger partial charge >= 0.3 is 0 Å². The molecule has 1 heteroatoms. The Morgan fingerprint density at radius 3 is 2.22 bits per heavy atom. The first-order valence-electron chi connectivity index (χ1n) is 7.14. The zero-order chi connectivity index (χ0) is 13.1. The first-order valence-corrected chi connectivity index (χ1v) is 7.14. The number of benzene rings is 1. The van der Waals surface area contributed by atoms with Crippen LogP contribution in [0.3, 0.4) is 0 Å². The Morgan fingerprint density at radius 1 is 1.11 bits per heavy atom. The number of hydrogen-bond acceptors (Lipinski definition) is 1. The highest BCUT2D eigenvalue weighted by molar-refractivity contribution is 5.81. The van der Waals surface area contributed by atoms with Crippen molar-refractivity contribution in [2.24, 2.45) is 5.92 Å². The molecule has 0 aromatic heterocycles. The number of rotatable bonds is 4. The average molecular weight is 244 g/mol. The van der Waals surface area contributed by atoms with Crippen LogP contribution in [-0.4, -0.2) is 5.78 Å². The number of ketones is 1. The third-order valence-electron chi connectivity index (χ3n) is 4.21. The second-order valence-corrected chi connectivity index (χ2v) is 5.95. The zero-order valence-electron chi connectivity index (χ0n) is 11.9. The number of aryl methyl sites for hydroxylation is 3. The van der Waals surface area contributed by atoms with Crippen molar-refractivity contribution in [2.45, 2.75) is 59.3 Å². The topological polar surface area (TPSA) is 17.1 Å². The van der Waals surface area contributed by atoms with Crippen molar-refractivity contribution in [3.05, 3.63) is 34.4 Å². The number of carbonyl (C=O) groups is 1. The minimum Gasteiger partial charge on any atom is -0.299 e. The van der Waals surface area contributed by atoms with Gasteiger partial charge < -0.3 is 0 Å². The van der Waals surface area contributed by atoms with Gasteiger partial charge in [-0.15, -0.1) is 0 Å². The van der Waals surface area contributed by atoms with Crippen LogP contribution in [0.1, 0.15) is 54.4 Å². The van der Waals surface area contributed by atoms with Gasteiger partial charge in [0.25, 0.3) is 0 Å². The molecule has 1 aliphatic rings. The van der Waals surface area contributed by atoms with E-state index in [0.717, 1.165) is 6.42 Å². The van der Waals surface area contributed by atoms with Crippen LogP contribution in [0.15, 0.2) is 12.1 Å². The van der Waals surface area contributed by atoms with Crippen LogP contribution in [0.4, 0.5) is 0 Å². The summed E-state index contributed by atoms with van der Waals surface area (Å²) < 4.78 is 0. The summed E-state index contributed by atoms with van der Waals surface area (Å²) in [5.41, 5.74) is 5.08. The highest BCUT2D eigenvalue weighted by Gasteiger charge is 2.19. The molecule has 2 rings (SSSR count). The summed E-state index contributed by atoms with van der Waals surface area (Å²) in [5, 5.41) is 0. The second-order valence-electron chi connectivity index (χ2n) is 5.95. The van der Waals surface area contributed by atoms with Gasteiger partial charge in [-0.25, -0.2) is 0 Å². The van der Waals surface area contributed by atoms with Crippen LogP contribution in [0, 0.1) is 26.7 Å². The predicted octanol–water partition coefficient (Wildman–Crippen LogP) is 4.30. The number of Topliss-reactive ketones (excluding diaryl/α,β-unsaturated/α-hetero) is 1. The van der Waals surface area contributed by atoms with Crippen LogP contribution >= 0.6 is 0 Å². The Kier molecular flexibility index (Phi) is 4.21. The van der Waals surface area contributed by atoms with Crippen molar-refractivity contribution in [3.63, 3.8) is 0 Å². The lowest BCUT2D eigenvalue weighted by Gasteiger charge is -2.12. The van der Waals surface area contributed by atoms with Crippen molar-refractivity contribution in [1.29, 1.82) is 0 Å². The summed E-state index contributed by atoms with van der Waals surface area (Å²) in [6.07, 6.45) is 6.59. The fraction of sp³-hybridized carbons (Fsp3) is 0.588. The summed E-state index contributed by atoms with van der Waals surface area (Å²) in [6.45, 7) is 6.36. The third kappa shape index (κ3) is 3.22. The van der Waals surface area contributed by atoms with Gasteiger partial charge in [0.15, 0.2) is 0 Å². The van der Waals surface area contributed by atoms with E-state index in [2.05, 4.69) is 32.9 Å². The molecule has 0 N–H and O–H groups in total. The normalized spacial score (nSPS) is 16.2. The van der Waals surface area contributed by atoms with Crippen LogP contribution < -0.4 is 0 Å². The van der Waals surface area contributed by atoms with Gasteiger partial charge in [-0.2, -0.15) is 0 Å². The van der Waals surface area contributed by atoms with Gasteiger partial charge in [-0.3, -0.25) is 4.79 Å². The maximum Gasteiger partial charge on any atom is 0.137 e. The Hall–Kier alpha value is -1.11. The van der Waals surface area contributed by atoms with E-state index in [1.165, 1.54) is 47.9 Å². The highest BCUT2D eigenvalue weighted by Crippen LogP contribution is 2.28. The fourth-order valence-corrected chi connectivity index (χ4v) is 3.29. The van der Waals surface area contributed by atoms with Crippen molar-refractivity contribution in [3.8, 4) is 0 Å². The molecule has 1 aliphatic carbocycles. The molecule has 0 spiro atoms. The number of hydrogen-bond donors (Lipinski definition) is 0. The molecule has 98 valence electrons. The van der Waals surface area contributed by atoms with E-state index in [9.17, 15) is 4.79 Å². The van der Waals surface area contributed by atoms with Gasteiger partial charge in [0, 0.05) is 12.8 Å². The first kappa shape index (κ1) is 13.3. The van der Waals surface area contributed by atoms with Crippen molar-refractivity contribution in [1.82, 2.24) is 0 Å². The summed E-state index contributed by atoms with van der Waals surface area (Å²) in [6, 6.07) is 4.37. The molecule has 0 bridgehead atoms. The molecule has 1 fully saturated rings. The Balaban J connectivity index is 2.02. The van der Waals surface area contributed by atoms with Crippen molar-refractivity contribution >= 4 is 5.78 Å². The molecular formula is C17H24O.